The number of imidazole rings is 1. The highest BCUT2D eigenvalue weighted by Crippen LogP contribution is 2.44. The first-order chi connectivity index (χ1) is 19.1. The summed E-state index contributed by atoms with van der Waals surface area (Å²) in [7, 11) is 0. The fourth-order valence-electron chi connectivity index (χ4n) is 5.89. The van der Waals surface area contributed by atoms with E-state index in [1.165, 1.54) is 27.8 Å². The van der Waals surface area contributed by atoms with Gasteiger partial charge in [0.25, 0.3) is 0 Å². The van der Waals surface area contributed by atoms with Crippen LogP contribution in [0.15, 0.2) is 110 Å². The lowest BCUT2D eigenvalue weighted by atomic mass is 9.87. The van der Waals surface area contributed by atoms with Crippen molar-refractivity contribution < 1.29 is 4.74 Å². The molecule has 1 aliphatic heterocycles. The molecule has 2 aromatic heterocycles. The molecule has 1 atom stereocenters. The van der Waals surface area contributed by atoms with Gasteiger partial charge in [-0.05, 0) is 58.3 Å². The van der Waals surface area contributed by atoms with Crippen LogP contribution < -0.4 is 4.74 Å². The van der Waals surface area contributed by atoms with Gasteiger partial charge in [0.2, 0.25) is 0 Å². The first kappa shape index (κ1) is 23.4. The van der Waals surface area contributed by atoms with Gasteiger partial charge < -0.3 is 4.74 Å². The number of hydrogen-bond acceptors (Lipinski definition) is 3. The molecule has 1 unspecified atom stereocenters. The van der Waals surface area contributed by atoms with Crippen LogP contribution in [0.4, 0.5) is 0 Å². The fourth-order valence-corrected chi connectivity index (χ4v) is 5.89. The third-order valence-electron chi connectivity index (χ3n) is 7.82. The number of aromatic nitrogens is 3. The summed E-state index contributed by atoms with van der Waals surface area (Å²) in [6.07, 6.45) is 5.84. The minimum Gasteiger partial charge on any atom is -0.457 e. The zero-order valence-electron chi connectivity index (χ0n) is 22.3. The summed E-state index contributed by atoms with van der Waals surface area (Å²) in [6.45, 7) is 6.79. The van der Waals surface area contributed by atoms with E-state index in [1.54, 1.807) is 0 Å². The van der Waals surface area contributed by atoms with Gasteiger partial charge in [-0.25, -0.2) is 4.98 Å². The highest BCUT2D eigenvalue weighted by atomic mass is 16.5. The van der Waals surface area contributed by atoms with Gasteiger partial charge >= 0.3 is 0 Å². The van der Waals surface area contributed by atoms with E-state index in [2.05, 4.69) is 104 Å². The van der Waals surface area contributed by atoms with Gasteiger partial charge in [-0.3, -0.25) is 9.55 Å². The number of hydrogen-bond donors (Lipinski definition) is 0. The van der Waals surface area contributed by atoms with Crippen LogP contribution in [0, 0.1) is 0 Å². The lowest BCUT2D eigenvalue weighted by molar-refractivity contribution is 0.483. The molecular weight excluding hydrogens is 478 g/mol. The van der Waals surface area contributed by atoms with Crippen LogP contribution in [0.1, 0.15) is 49.3 Å². The van der Waals surface area contributed by atoms with Crippen LogP contribution in [-0.2, 0) is 0 Å². The van der Waals surface area contributed by atoms with Crippen molar-refractivity contribution in [3.8, 4) is 39.8 Å². The van der Waals surface area contributed by atoms with Gasteiger partial charge in [-0.2, -0.15) is 0 Å². The van der Waals surface area contributed by atoms with Crippen molar-refractivity contribution >= 4 is 10.8 Å². The Morgan fingerprint density at radius 3 is 2.51 bits per heavy atom. The first-order valence-electron chi connectivity index (χ1n) is 13.5. The molecule has 4 nitrogen and oxygen atoms in total. The van der Waals surface area contributed by atoms with E-state index in [-0.39, 0.29) is 5.92 Å². The van der Waals surface area contributed by atoms with Gasteiger partial charge in [-0.1, -0.05) is 81.4 Å². The Hall–Kier alpha value is -4.70. The van der Waals surface area contributed by atoms with Gasteiger partial charge in [-0.15, -0.1) is 0 Å². The molecule has 0 N–H and O–H groups in total. The van der Waals surface area contributed by atoms with E-state index in [0.29, 0.717) is 5.92 Å². The molecule has 39 heavy (non-hydrogen) atoms. The maximum atomic E-state index is 6.46. The smallest absolute Gasteiger partial charge is 0.144 e. The Labute approximate surface area is 228 Å². The third kappa shape index (κ3) is 3.91. The number of benzene rings is 4. The zero-order chi connectivity index (χ0) is 26.5. The molecule has 3 heterocycles. The zero-order valence-corrected chi connectivity index (χ0v) is 22.3. The number of para-hydroxylation sites is 1. The average Bonchev–Trinajstić information content (AvgIpc) is 3.42. The van der Waals surface area contributed by atoms with Crippen LogP contribution in [0.2, 0.25) is 0 Å². The molecular formula is C35H29N3O. The fraction of sp³-hybridized carbons (Fsp3) is 0.143. The average molecular weight is 508 g/mol. The molecule has 6 aromatic rings. The predicted octanol–water partition coefficient (Wildman–Crippen LogP) is 9.14. The standard InChI is InChI=1S/C35H29N3O/c1-22(2)28-12-7-13-30-23(3)29-15-14-27(21-32(29)35-37-18-19-38(35)34(28)30)39-26-10-6-9-25(20-26)33-31-11-5-4-8-24(31)16-17-36-33/h4-23H,1-3H3. The van der Waals surface area contributed by atoms with E-state index in [0.717, 1.165) is 39.5 Å². The minimum absolute atomic E-state index is 0.227. The topological polar surface area (TPSA) is 39.9 Å². The van der Waals surface area contributed by atoms with E-state index in [4.69, 9.17) is 14.7 Å². The van der Waals surface area contributed by atoms with Crippen LogP contribution in [0.25, 0.3) is 39.1 Å². The summed E-state index contributed by atoms with van der Waals surface area (Å²) in [5.74, 6) is 3.14. The largest absolute Gasteiger partial charge is 0.457 e. The molecule has 0 saturated heterocycles. The molecule has 0 saturated carbocycles. The Morgan fingerprint density at radius 2 is 1.62 bits per heavy atom. The Morgan fingerprint density at radius 1 is 0.769 bits per heavy atom. The highest BCUT2D eigenvalue weighted by molar-refractivity contribution is 5.94. The maximum absolute atomic E-state index is 6.46. The number of nitrogens with zero attached hydrogens (tertiary/aromatic N) is 3. The summed E-state index contributed by atoms with van der Waals surface area (Å²) >= 11 is 0. The van der Waals surface area contributed by atoms with Gasteiger partial charge in [0.1, 0.15) is 17.3 Å². The third-order valence-corrected chi connectivity index (χ3v) is 7.82. The molecule has 0 spiro atoms. The van der Waals surface area contributed by atoms with E-state index in [9.17, 15) is 0 Å². The molecule has 0 fully saturated rings. The van der Waals surface area contributed by atoms with E-state index in [1.807, 2.05) is 30.6 Å². The predicted molar refractivity (Wildman–Crippen MR) is 158 cm³/mol. The van der Waals surface area contributed by atoms with Crippen molar-refractivity contribution in [3.63, 3.8) is 0 Å². The van der Waals surface area contributed by atoms with Gasteiger partial charge in [0.15, 0.2) is 0 Å². The van der Waals surface area contributed by atoms with Crippen molar-refractivity contribution in [2.45, 2.75) is 32.6 Å². The normalized spacial score (nSPS) is 14.0. The number of fused-ring (bicyclic) bond motifs is 6. The van der Waals surface area contributed by atoms with E-state index < -0.39 is 0 Å². The quantitative estimate of drug-likeness (QED) is 0.239. The number of pyridine rings is 1. The van der Waals surface area contributed by atoms with Crippen molar-refractivity contribution in [2.24, 2.45) is 0 Å². The summed E-state index contributed by atoms with van der Waals surface area (Å²) < 4.78 is 8.71. The minimum atomic E-state index is 0.227. The Bertz CT molecular complexity index is 1840. The molecule has 0 amide bonds. The van der Waals surface area contributed by atoms with Crippen LogP contribution in [-0.4, -0.2) is 14.5 Å². The lowest BCUT2D eigenvalue weighted by Gasteiger charge is -2.20. The second-order valence-electron chi connectivity index (χ2n) is 10.5. The summed E-state index contributed by atoms with van der Waals surface area (Å²) in [5.41, 5.74) is 8.24. The van der Waals surface area contributed by atoms with Crippen LogP contribution >= 0.6 is 0 Å². The Kier molecular flexibility index (Phi) is 5.55. The molecule has 190 valence electrons. The monoisotopic (exact) mass is 507 g/mol. The summed E-state index contributed by atoms with van der Waals surface area (Å²) in [5, 5.41) is 2.30. The van der Waals surface area contributed by atoms with Gasteiger partial charge in [0.05, 0.1) is 11.4 Å². The Balaban J connectivity index is 1.30. The van der Waals surface area contributed by atoms with Crippen molar-refractivity contribution in [1.29, 1.82) is 0 Å². The second kappa shape index (κ2) is 9.25. The van der Waals surface area contributed by atoms with E-state index >= 15 is 0 Å². The first-order valence-corrected chi connectivity index (χ1v) is 13.5. The second-order valence-corrected chi connectivity index (χ2v) is 10.5. The molecule has 0 aliphatic carbocycles. The van der Waals surface area contributed by atoms with Crippen LogP contribution in [0.5, 0.6) is 11.5 Å². The molecule has 1 aliphatic rings. The van der Waals surface area contributed by atoms with Crippen molar-refractivity contribution in [1.82, 2.24) is 14.5 Å². The maximum Gasteiger partial charge on any atom is 0.144 e. The molecule has 4 aromatic carbocycles. The number of rotatable bonds is 4. The molecule has 4 heteroatoms. The lowest BCUT2D eigenvalue weighted by Crippen LogP contribution is -2.05. The highest BCUT2D eigenvalue weighted by Gasteiger charge is 2.27. The van der Waals surface area contributed by atoms with Crippen LogP contribution in [0.3, 0.4) is 0 Å². The SMILES string of the molecule is CC(C)c1cccc2c1-n1ccnc1-c1cc(Oc3cccc(-c4nccc5ccccc45)c3)ccc1C2C. The number of ether oxygens (including phenoxy) is 1. The van der Waals surface area contributed by atoms with Gasteiger partial charge in [0, 0.05) is 41.0 Å². The molecule has 0 bridgehead atoms. The molecule has 7 rings (SSSR count). The summed E-state index contributed by atoms with van der Waals surface area (Å²) in [6, 6.07) is 31.6. The van der Waals surface area contributed by atoms with Crippen molar-refractivity contribution in [2.75, 3.05) is 0 Å². The molecule has 0 radical (unpaired) electrons. The summed E-state index contributed by atoms with van der Waals surface area (Å²) in [4.78, 5) is 9.52. The van der Waals surface area contributed by atoms with Crippen molar-refractivity contribution in [3.05, 3.63) is 126 Å².